The molecule has 6 heteroatoms. The van der Waals surface area contributed by atoms with E-state index in [0.717, 1.165) is 29.6 Å². The molecule has 0 bridgehead atoms. The monoisotopic (exact) mass is 367 g/mol. The lowest BCUT2D eigenvalue weighted by molar-refractivity contribution is -0.113. The molecule has 0 saturated heterocycles. The molecule has 4 nitrogen and oxygen atoms in total. The first-order valence-corrected chi connectivity index (χ1v) is 9.90. The number of amides is 1. The second-order valence-corrected chi connectivity index (χ2v) is 7.31. The zero-order valence-corrected chi connectivity index (χ0v) is 17.0. The molecule has 0 atom stereocenters. The van der Waals surface area contributed by atoms with Gasteiger partial charge in [-0.2, -0.15) is 0 Å². The summed E-state index contributed by atoms with van der Waals surface area (Å²) >= 11 is 6.76. The summed E-state index contributed by atoms with van der Waals surface area (Å²) in [7, 11) is 0. The lowest BCUT2D eigenvalue weighted by Gasteiger charge is -2.27. The third kappa shape index (κ3) is 6.32. The summed E-state index contributed by atoms with van der Waals surface area (Å²) in [5.74, 6) is 0.308. The summed E-state index contributed by atoms with van der Waals surface area (Å²) in [5.41, 5.74) is 1.99. The molecule has 1 aromatic carbocycles. The summed E-state index contributed by atoms with van der Waals surface area (Å²) < 4.78 is 0.779. The van der Waals surface area contributed by atoms with Crippen LogP contribution in [0, 0.1) is 0 Å². The van der Waals surface area contributed by atoms with E-state index in [1.165, 1.54) is 17.4 Å². The highest BCUT2D eigenvalue weighted by Crippen LogP contribution is 2.20. The molecule has 1 rings (SSSR count). The highest BCUT2D eigenvalue weighted by molar-refractivity contribution is 8.23. The maximum absolute atomic E-state index is 12.1. The molecule has 1 amide bonds. The van der Waals surface area contributed by atoms with Crippen molar-refractivity contribution in [2.45, 2.75) is 40.7 Å². The van der Waals surface area contributed by atoms with Crippen LogP contribution in [0.2, 0.25) is 0 Å². The number of thiocarbonyl (C=S) groups is 1. The Kier molecular flexibility index (Phi) is 9.14. The van der Waals surface area contributed by atoms with Crippen LogP contribution >= 0.6 is 24.0 Å². The fourth-order valence-corrected chi connectivity index (χ4v) is 3.68. The van der Waals surface area contributed by atoms with Crippen molar-refractivity contribution in [3.05, 3.63) is 24.3 Å². The average Bonchev–Trinajstić information content (AvgIpc) is 2.56. The smallest absolute Gasteiger partial charge is 0.234 e. The van der Waals surface area contributed by atoms with Gasteiger partial charge in [-0.25, -0.2) is 0 Å². The number of benzene rings is 1. The molecule has 0 spiro atoms. The molecule has 0 fully saturated rings. The van der Waals surface area contributed by atoms with Gasteiger partial charge in [0.2, 0.25) is 5.91 Å². The van der Waals surface area contributed by atoms with Crippen molar-refractivity contribution in [1.82, 2.24) is 4.90 Å². The van der Waals surface area contributed by atoms with Gasteiger partial charge in [0.1, 0.15) is 4.32 Å². The van der Waals surface area contributed by atoms with Gasteiger partial charge >= 0.3 is 0 Å². The summed E-state index contributed by atoms with van der Waals surface area (Å²) in [6.45, 7) is 13.3. The topological polar surface area (TPSA) is 35.6 Å². The van der Waals surface area contributed by atoms with Crippen molar-refractivity contribution in [2.75, 3.05) is 35.6 Å². The van der Waals surface area contributed by atoms with Crippen LogP contribution in [0.25, 0.3) is 0 Å². The molecule has 0 aliphatic carbocycles. The fourth-order valence-electron chi connectivity index (χ4n) is 2.48. The predicted molar refractivity (Wildman–Crippen MR) is 111 cm³/mol. The highest BCUT2D eigenvalue weighted by atomic mass is 32.2. The first kappa shape index (κ1) is 20.8. The maximum Gasteiger partial charge on any atom is 0.234 e. The molecule has 0 heterocycles. The summed E-state index contributed by atoms with van der Waals surface area (Å²) in [4.78, 5) is 16.5. The number of thioether (sulfide) groups is 1. The Bertz CT molecular complexity index is 528. The molecule has 0 radical (unpaired) electrons. The van der Waals surface area contributed by atoms with Crippen LogP contribution in [0.1, 0.15) is 34.6 Å². The number of hydrogen-bond donors (Lipinski definition) is 1. The van der Waals surface area contributed by atoms with Crippen molar-refractivity contribution in [2.24, 2.45) is 0 Å². The Morgan fingerprint density at radius 1 is 1.12 bits per heavy atom. The van der Waals surface area contributed by atoms with Crippen molar-refractivity contribution >= 4 is 45.6 Å². The van der Waals surface area contributed by atoms with Gasteiger partial charge in [0.15, 0.2) is 0 Å². The molecule has 0 aliphatic heterocycles. The Morgan fingerprint density at radius 3 is 2.17 bits per heavy atom. The quantitative estimate of drug-likeness (QED) is 0.696. The summed E-state index contributed by atoms with van der Waals surface area (Å²) in [6.07, 6.45) is 0. The molecule has 0 saturated carbocycles. The summed E-state index contributed by atoms with van der Waals surface area (Å²) in [6, 6.07) is 8.45. The molecular formula is C18H29N3OS2. The molecule has 0 aromatic heterocycles. The zero-order valence-electron chi connectivity index (χ0n) is 15.3. The third-order valence-electron chi connectivity index (χ3n) is 3.80. The van der Waals surface area contributed by atoms with Crippen LogP contribution in [0.3, 0.4) is 0 Å². The van der Waals surface area contributed by atoms with Gasteiger partial charge in [0, 0.05) is 37.1 Å². The molecule has 24 heavy (non-hydrogen) atoms. The lowest BCUT2D eigenvalue weighted by Crippen LogP contribution is -2.30. The van der Waals surface area contributed by atoms with Crippen molar-refractivity contribution < 1.29 is 4.79 Å². The second-order valence-electron chi connectivity index (χ2n) is 5.70. The van der Waals surface area contributed by atoms with E-state index in [0.29, 0.717) is 11.8 Å². The molecular weight excluding hydrogens is 338 g/mol. The van der Waals surface area contributed by atoms with Gasteiger partial charge in [-0.3, -0.25) is 4.79 Å². The minimum Gasteiger partial charge on any atom is -0.369 e. The van der Waals surface area contributed by atoms with Crippen LogP contribution in [-0.4, -0.2) is 46.6 Å². The maximum atomic E-state index is 12.1. The molecule has 1 aromatic rings. The number of anilines is 2. The third-order valence-corrected chi connectivity index (χ3v) is 5.32. The Balaban J connectivity index is 2.54. The standard InChI is InChI=1S/C18H29N3OS2/c1-6-20(7-2)18(23)24-13-17(22)19-15-9-11-16(12-10-15)21(8-3)14(4)5/h9-12,14H,6-8,13H2,1-5H3,(H,19,22). The molecule has 1 N–H and O–H groups in total. The van der Waals surface area contributed by atoms with Gasteiger partial charge < -0.3 is 15.1 Å². The number of nitrogens with one attached hydrogen (secondary N) is 1. The Hall–Kier alpha value is -1.27. The van der Waals surface area contributed by atoms with Crippen LogP contribution in [0.15, 0.2) is 24.3 Å². The SMILES string of the molecule is CCN(CC)C(=S)SCC(=O)Nc1ccc(N(CC)C(C)C)cc1. The minimum atomic E-state index is -0.0292. The van der Waals surface area contributed by atoms with Crippen LogP contribution in [-0.2, 0) is 4.79 Å². The van der Waals surface area contributed by atoms with Gasteiger partial charge in [0.25, 0.3) is 0 Å². The Labute approximate surface area is 156 Å². The van der Waals surface area contributed by atoms with Crippen LogP contribution in [0.5, 0.6) is 0 Å². The van der Waals surface area contributed by atoms with E-state index >= 15 is 0 Å². The normalized spacial score (nSPS) is 10.6. The number of nitrogens with zero attached hydrogens (tertiary/aromatic N) is 2. The van der Waals surface area contributed by atoms with E-state index in [1.54, 1.807) is 0 Å². The van der Waals surface area contributed by atoms with Gasteiger partial charge in [-0.15, -0.1) is 0 Å². The van der Waals surface area contributed by atoms with Gasteiger partial charge in [-0.1, -0.05) is 24.0 Å². The Morgan fingerprint density at radius 2 is 1.71 bits per heavy atom. The number of carbonyl (C=O) groups is 1. The minimum absolute atomic E-state index is 0.0292. The molecule has 0 unspecified atom stereocenters. The van der Waals surface area contributed by atoms with E-state index in [1.807, 2.05) is 24.3 Å². The fraction of sp³-hybridized carbons (Fsp3) is 0.556. The number of rotatable bonds is 8. The van der Waals surface area contributed by atoms with Crippen LogP contribution in [0.4, 0.5) is 11.4 Å². The van der Waals surface area contributed by atoms with Gasteiger partial charge in [-0.05, 0) is 58.9 Å². The van der Waals surface area contributed by atoms with E-state index in [2.05, 4.69) is 49.7 Å². The van der Waals surface area contributed by atoms with Gasteiger partial charge in [0.05, 0.1) is 5.75 Å². The zero-order chi connectivity index (χ0) is 18.1. The van der Waals surface area contributed by atoms with E-state index in [-0.39, 0.29) is 5.91 Å². The second kappa shape index (κ2) is 10.6. The van der Waals surface area contributed by atoms with Crippen molar-refractivity contribution in [1.29, 1.82) is 0 Å². The molecule has 134 valence electrons. The highest BCUT2D eigenvalue weighted by Gasteiger charge is 2.11. The van der Waals surface area contributed by atoms with Crippen molar-refractivity contribution in [3.8, 4) is 0 Å². The first-order valence-electron chi connectivity index (χ1n) is 8.51. The largest absolute Gasteiger partial charge is 0.369 e. The first-order chi connectivity index (χ1) is 11.4. The van der Waals surface area contributed by atoms with E-state index in [4.69, 9.17) is 12.2 Å². The van der Waals surface area contributed by atoms with Crippen molar-refractivity contribution in [3.63, 3.8) is 0 Å². The summed E-state index contributed by atoms with van der Waals surface area (Å²) in [5, 5.41) is 2.93. The lowest BCUT2D eigenvalue weighted by atomic mass is 10.2. The molecule has 0 aliphatic rings. The predicted octanol–water partition coefficient (Wildman–Crippen LogP) is 4.22. The average molecular weight is 368 g/mol. The van der Waals surface area contributed by atoms with Crippen LogP contribution < -0.4 is 10.2 Å². The van der Waals surface area contributed by atoms with E-state index < -0.39 is 0 Å². The number of hydrogen-bond acceptors (Lipinski definition) is 4. The number of carbonyl (C=O) groups excluding carboxylic acids is 1. The van der Waals surface area contributed by atoms with E-state index in [9.17, 15) is 4.79 Å².